The minimum atomic E-state index is -3.66. The van der Waals surface area contributed by atoms with Gasteiger partial charge in [-0.15, -0.1) is 0 Å². The Hall–Kier alpha value is -2.18. The third-order valence-electron chi connectivity index (χ3n) is 3.28. The van der Waals surface area contributed by atoms with Crippen molar-refractivity contribution >= 4 is 42.9 Å². The standard InChI is InChI=1S/C17H13BrN2O2S/c18-16-7-9-17(10-8-16)23(21,22)20-19-12-13-5-6-14-3-1-2-4-15(14)11-13/h1-12,20H/b19-12-. The van der Waals surface area contributed by atoms with Crippen molar-refractivity contribution in [1.29, 1.82) is 0 Å². The summed E-state index contributed by atoms with van der Waals surface area (Å²) in [5.74, 6) is 0. The predicted octanol–water partition coefficient (Wildman–Crippen LogP) is 3.91. The summed E-state index contributed by atoms with van der Waals surface area (Å²) >= 11 is 3.27. The highest BCUT2D eigenvalue weighted by Crippen LogP contribution is 2.15. The Kier molecular flexibility index (Phi) is 4.45. The van der Waals surface area contributed by atoms with Crippen LogP contribution in [0.3, 0.4) is 0 Å². The number of nitrogens with one attached hydrogen (secondary N) is 1. The summed E-state index contributed by atoms with van der Waals surface area (Å²) in [7, 11) is -3.66. The van der Waals surface area contributed by atoms with Crippen LogP contribution in [0.25, 0.3) is 10.8 Å². The first-order valence-electron chi connectivity index (χ1n) is 6.84. The smallest absolute Gasteiger partial charge is 0.200 e. The molecule has 1 N–H and O–H groups in total. The van der Waals surface area contributed by atoms with Crippen LogP contribution >= 0.6 is 15.9 Å². The zero-order valence-electron chi connectivity index (χ0n) is 12.0. The zero-order chi connectivity index (χ0) is 16.3. The van der Waals surface area contributed by atoms with Gasteiger partial charge in [-0.1, -0.05) is 52.3 Å². The quantitative estimate of drug-likeness (QED) is 0.543. The maximum atomic E-state index is 12.1. The molecule has 0 saturated heterocycles. The Bertz CT molecular complexity index is 967. The monoisotopic (exact) mass is 388 g/mol. The average molecular weight is 389 g/mol. The Morgan fingerprint density at radius 1 is 0.913 bits per heavy atom. The van der Waals surface area contributed by atoms with E-state index in [1.165, 1.54) is 18.3 Å². The molecule has 3 rings (SSSR count). The summed E-state index contributed by atoms with van der Waals surface area (Å²) in [6, 6.07) is 20.1. The average Bonchev–Trinajstić information content (AvgIpc) is 2.55. The number of hydrazone groups is 1. The molecule has 0 amide bonds. The number of halogens is 1. The summed E-state index contributed by atoms with van der Waals surface area (Å²) in [6.45, 7) is 0. The van der Waals surface area contributed by atoms with Crippen molar-refractivity contribution in [2.75, 3.05) is 0 Å². The second kappa shape index (κ2) is 6.52. The summed E-state index contributed by atoms with van der Waals surface area (Å²) in [6.07, 6.45) is 1.49. The van der Waals surface area contributed by atoms with Gasteiger partial charge in [0.25, 0.3) is 10.0 Å². The van der Waals surface area contributed by atoms with Gasteiger partial charge in [0.1, 0.15) is 0 Å². The van der Waals surface area contributed by atoms with Crippen molar-refractivity contribution in [2.45, 2.75) is 4.90 Å². The minimum absolute atomic E-state index is 0.163. The molecule has 0 aliphatic carbocycles. The fraction of sp³-hybridized carbons (Fsp3) is 0. The summed E-state index contributed by atoms with van der Waals surface area (Å²) in [4.78, 5) is 2.38. The van der Waals surface area contributed by atoms with Crippen LogP contribution in [0.4, 0.5) is 0 Å². The topological polar surface area (TPSA) is 58.5 Å². The highest BCUT2D eigenvalue weighted by Gasteiger charge is 2.11. The molecule has 0 spiro atoms. The number of hydrogen-bond donors (Lipinski definition) is 1. The molecule has 4 nitrogen and oxygen atoms in total. The van der Waals surface area contributed by atoms with Crippen LogP contribution in [0.15, 0.2) is 81.2 Å². The predicted molar refractivity (Wildman–Crippen MR) is 96.0 cm³/mol. The van der Waals surface area contributed by atoms with Crippen LogP contribution in [-0.2, 0) is 10.0 Å². The lowest BCUT2D eigenvalue weighted by atomic mass is 10.1. The molecule has 0 aromatic heterocycles. The normalized spacial score (nSPS) is 11.9. The van der Waals surface area contributed by atoms with Crippen LogP contribution in [0.1, 0.15) is 5.56 Å². The number of fused-ring (bicyclic) bond motifs is 1. The van der Waals surface area contributed by atoms with E-state index in [4.69, 9.17) is 0 Å². The van der Waals surface area contributed by atoms with Gasteiger partial charge < -0.3 is 0 Å². The number of rotatable bonds is 4. The summed E-state index contributed by atoms with van der Waals surface area (Å²) in [5, 5.41) is 6.05. The van der Waals surface area contributed by atoms with Crippen molar-refractivity contribution in [3.05, 3.63) is 76.8 Å². The third kappa shape index (κ3) is 3.78. The molecule has 0 saturated carbocycles. The molecule has 0 aliphatic rings. The van der Waals surface area contributed by atoms with E-state index in [0.717, 1.165) is 20.8 Å². The first-order chi connectivity index (χ1) is 11.0. The van der Waals surface area contributed by atoms with E-state index in [-0.39, 0.29) is 4.90 Å². The number of hydrogen-bond acceptors (Lipinski definition) is 3. The molecule has 6 heteroatoms. The van der Waals surface area contributed by atoms with Gasteiger partial charge in [-0.25, -0.2) is 4.83 Å². The molecule has 23 heavy (non-hydrogen) atoms. The molecule has 0 aliphatic heterocycles. The third-order valence-corrected chi connectivity index (χ3v) is 5.05. The van der Waals surface area contributed by atoms with Crippen LogP contribution in [0, 0.1) is 0 Å². The van der Waals surface area contributed by atoms with Gasteiger partial charge in [0.2, 0.25) is 0 Å². The van der Waals surface area contributed by atoms with E-state index in [0.29, 0.717) is 0 Å². The van der Waals surface area contributed by atoms with Crippen molar-refractivity contribution < 1.29 is 8.42 Å². The van der Waals surface area contributed by atoms with E-state index in [2.05, 4.69) is 25.9 Å². The van der Waals surface area contributed by atoms with Crippen LogP contribution in [0.5, 0.6) is 0 Å². The second-order valence-electron chi connectivity index (χ2n) is 4.91. The largest absolute Gasteiger partial charge is 0.276 e. The van der Waals surface area contributed by atoms with Gasteiger partial charge in [0.15, 0.2) is 0 Å². The second-order valence-corrected chi connectivity index (χ2v) is 7.49. The lowest BCUT2D eigenvalue weighted by Crippen LogP contribution is -2.18. The molecule has 0 unspecified atom stereocenters. The van der Waals surface area contributed by atoms with Crippen molar-refractivity contribution in [3.63, 3.8) is 0 Å². The molecule has 3 aromatic rings. The molecule has 0 fully saturated rings. The molecule has 116 valence electrons. The lowest BCUT2D eigenvalue weighted by molar-refractivity contribution is 0.584. The first kappa shape index (κ1) is 15.7. The van der Waals surface area contributed by atoms with E-state index >= 15 is 0 Å². The number of sulfonamides is 1. The molecule has 3 aromatic carbocycles. The van der Waals surface area contributed by atoms with Gasteiger partial charge in [-0.05, 0) is 46.7 Å². The first-order valence-corrected chi connectivity index (χ1v) is 9.11. The zero-order valence-corrected chi connectivity index (χ0v) is 14.4. The van der Waals surface area contributed by atoms with E-state index in [1.54, 1.807) is 12.1 Å². The van der Waals surface area contributed by atoms with Crippen LogP contribution in [-0.4, -0.2) is 14.6 Å². The fourth-order valence-corrected chi connectivity index (χ4v) is 3.18. The highest BCUT2D eigenvalue weighted by molar-refractivity contribution is 9.10. The van der Waals surface area contributed by atoms with Crippen molar-refractivity contribution in [1.82, 2.24) is 4.83 Å². The number of benzene rings is 3. The molecule has 0 bridgehead atoms. The molecule has 0 heterocycles. The SMILES string of the molecule is O=S(=O)(N/N=C\c1ccc2ccccc2c1)c1ccc(Br)cc1. The van der Waals surface area contributed by atoms with E-state index in [9.17, 15) is 8.42 Å². The maximum Gasteiger partial charge on any atom is 0.276 e. The van der Waals surface area contributed by atoms with Crippen LogP contribution < -0.4 is 4.83 Å². The van der Waals surface area contributed by atoms with Crippen molar-refractivity contribution in [2.24, 2.45) is 5.10 Å². The molecule has 0 atom stereocenters. The Morgan fingerprint density at radius 2 is 1.61 bits per heavy atom. The van der Waals surface area contributed by atoms with Gasteiger partial charge in [0, 0.05) is 4.47 Å². The van der Waals surface area contributed by atoms with Gasteiger partial charge in [-0.3, -0.25) is 0 Å². The molecular formula is C17H13BrN2O2S. The van der Waals surface area contributed by atoms with Crippen LogP contribution in [0.2, 0.25) is 0 Å². The molecule has 0 radical (unpaired) electrons. The van der Waals surface area contributed by atoms with Gasteiger partial charge in [-0.2, -0.15) is 13.5 Å². The molecular weight excluding hydrogens is 376 g/mol. The minimum Gasteiger partial charge on any atom is -0.200 e. The number of nitrogens with zero attached hydrogens (tertiary/aromatic N) is 1. The lowest BCUT2D eigenvalue weighted by Gasteiger charge is -2.03. The Balaban J connectivity index is 1.78. The van der Waals surface area contributed by atoms with Crippen molar-refractivity contribution in [3.8, 4) is 0 Å². The van der Waals surface area contributed by atoms with E-state index in [1.807, 2.05) is 42.5 Å². The Morgan fingerprint density at radius 3 is 2.35 bits per heavy atom. The highest BCUT2D eigenvalue weighted by atomic mass is 79.9. The van der Waals surface area contributed by atoms with E-state index < -0.39 is 10.0 Å². The fourth-order valence-electron chi connectivity index (χ4n) is 2.12. The van der Waals surface area contributed by atoms with Gasteiger partial charge >= 0.3 is 0 Å². The maximum absolute atomic E-state index is 12.1. The summed E-state index contributed by atoms with van der Waals surface area (Å²) in [5.41, 5.74) is 0.821. The Labute approximate surface area is 143 Å². The summed E-state index contributed by atoms with van der Waals surface area (Å²) < 4.78 is 25.0. The van der Waals surface area contributed by atoms with Gasteiger partial charge in [0.05, 0.1) is 11.1 Å².